The molecular weight excluding hydrogens is 388 g/mol. The first-order valence-corrected chi connectivity index (χ1v) is 10.7. The molecule has 4 rings (SSSR count). The van der Waals surface area contributed by atoms with E-state index in [1.165, 1.54) is 11.1 Å². The van der Waals surface area contributed by atoms with E-state index >= 15 is 0 Å². The van der Waals surface area contributed by atoms with Crippen molar-refractivity contribution in [1.82, 2.24) is 0 Å². The van der Waals surface area contributed by atoms with Crippen LogP contribution in [0.25, 0.3) is 6.08 Å². The fourth-order valence-corrected chi connectivity index (χ4v) is 3.32. The van der Waals surface area contributed by atoms with Gasteiger partial charge in [0.25, 0.3) is 0 Å². The molecule has 4 aromatic carbocycles. The Morgan fingerprint density at radius 2 is 1.25 bits per heavy atom. The minimum absolute atomic E-state index is 0.866. The largest absolute Gasteiger partial charge is 0.301 e. The van der Waals surface area contributed by atoms with Crippen LogP contribution >= 0.6 is 0 Å². The topological polar surface area (TPSA) is 15.6 Å². The lowest BCUT2D eigenvalue weighted by Gasteiger charge is -2.23. The molecule has 0 N–H and O–H groups in total. The first kappa shape index (κ1) is 21.1. The third-order valence-corrected chi connectivity index (χ3v) is 5.00. The minimum Gasteiger partial charge on any atom is -0.301 e. The molecule has 0 aliphatic heterocycles. The van der Waals surface area contributed by atoms with Crippen LogP contribution in [0.15, 0.2) is 139 Å². The van der Waals surface area contributed by atoms with Gasteiger partial charge in [0, 0.05) is 17.5 Å². The predicted molar refractivity (Wildman–Crippen MR) is 137 cm³/mol. The minimum atomic E-state index is 0.866. The van der Waals surface area contributed by atoms with Crippen LogP contribution in [-0.4, -0.2) is 5.84 Å². The number of rotatable bonds is 6. The normalized spacial score (nSPS) is 11.8. The number of nitrogens with zero attached hydrogens (tertiary/aromatic N) is 2. The van der Waals surface area contributed by atoms with Crippen molar-refractivity contribution in [2.75, 3.05) is 4.90 Å². The number of aliphatic imine (C=N–C) groups is 1. The molecular formula is C30H26N2. The number of aryl methyl sites for hydroxylation is 1. The Morgan fingerprint density at radius 1 is 0.656 bits per heavy atom. The van der Waals surface area contributed by atoms with E-state index in [-0.39, 0.29) is 0 Å². The Balaban J connectivity index is 1.76. The van der Waals surface area contributed by atoms with Gasteiger partial charge in [0.2, 0.25) is 0 Å². The molecule has 32 heavy (non-hydrogen) atoms. The van der Waals surface area contributed by atoms with Gasteiger partial charge < -0.3 is 4.90 Å². The van der Waals surface area contributed by atoms with Crippen LogP contribution in [0.4, 0.5) is 11.4 Å². The molecule has 2 nitrogen and oxygen atoms in total. The molecule has 0 amide bonds. The summed E-state index contributed by atoms with van der Waals surface area (Å²) in [5.41, 5.74) is 5.41. The molecule has 0 bridgehead atoms. The Bertz CT molecular complexity index is 1190. The van der Waals surface area contributed by atoms with Crippen LogP contribution in [0.5, 0.6) is 0 Å². The molecule has 0 spiro atoms. The van der Waals surface area contributed by atoms with E-state index in [2.05, 4.69) is 84.8 Å². The number of hydrogen-bond acceptors (Lipinski definition) is 1. The lowest BCUT2D eigenvalue weighted by atomic mass is 10.1. The number of para-hydroxylation sites is 1. The van der Waals surface area contributed by atoms with Crippen molar-refractivity contribution in [2.24, 2.45) is 4.99 Å². The molecule has 0 atom stereocenters. The number of allylic oxidation sites excluding steroid dienone is 2. The Kier molecular flexibility index (Phi) is 7.07. The molecule has 0 heterocycles. The molecule has 0 aliphatic carbocycles. The highest BCUT2D eigenvalue weighted by molar-refractivity contribution is 6.12. The van der Waals surface area contributed by atoms with Gasteiger partial charge in [-0.05, 0) is 42.8 Å². The van der Waals surface area contributed by atoms with E-state index in [9.17, 15) is 0 Å². The smallest absolute Gasteiger partial charge is 0.145 e. The summed E-state index contributed by atoms with van der Waals surface area (Å²) in [4.78, 5) is 7.17. The number of hydrogen-bond donors (Lipinski definition) is 0. The summed E-state index contributed by atoms with van der Waals surface area (Å²) >= 11 is 0. The molecule has 0 aromatic heterocycles. The van der Waals surface area contributed by atoms with Crippen LogP contribution < -0.4 is 4.90 Å². The molecule has 0 aliphatic rings. The molecule has 0 unspecified atom stereocenters. The van der Waals surface area contributed by atoms with Gasteiger partial charge in [-0.1, -0.05) is 109 Å². The highest BCUT2D eigenvalue weighted by atomic mass is 15.2. The van der Waals surface area contributed by atoms with Crippen LogP contribution in [0.1, 0.15) is 16.7 Å². The number of anilines is 1. The quantitative estimate of drug-likeness (QED) is 0.178. The van der Waals surface area contributed by atoms with Crippen LogP contribution in [0.3, 0.4) is 0 Å². The standard InChI is InChI=1S/C30H26N2/c1-25-20-22-29(23-21-25)32(24-12-11-15-26-13-5-2-6-14-26)30(27-16-7-3-8-17-27)31-28-18-9-4-10-19-28/h2-24H,1H3/b15-11+,24-12+,31-30?. The summed E-state index contributed by atoms with van der Waals surface area (Å²) in [5, 5.41) is 0. The van der Waals surface area contributed by atoms with Gasteiger partial charge in [-0.25, -0.2) is 4.99 Å². The maximum atomic E-state index is 5.03. The summed E-state index contributed by atoms with van der Waals surface area (Å²) in [6, 6.07) is 39.2. The Labute approximate surface area is 190 Å². The van der Waals surface area contributed by atoms with Gasteiger partial charge in [-0.3, -0.25) is 0 Å². The highest BCUT2D eigenvalue weighted by Gasteiger charge is 2.14. The van der Waals surface area contributed by atoms with Crippen molar-refractivity contribution in [3.8, 4) is 0 Å². The Hall–Kier alpha value is -4.17. The van der Waals surface area contributed by atoms with E-state index in [1.807, 2.05) is 66.7 Å². The summed E-state index contributed by atoms with van der Waals surface area (Å²) in [6.45, 7) is 2.10. The van der Waals surface area contributed by atoms with E-state index < -0.39 is 0 Å². The summed E-state index contributed by atoms with van der Waals surface area (Å²) in [7, 11) is 0. The average Bonchev–Trinajstić information content (AvgIpc) is 2.86. The fraction of sp³-hybridized carbons (Fsp3) is 0.0333. The van der Waals surface area contributed by atoms with E-state index in [0.717, 1.165) is 22.8 Å². The second-order valence-corrected chi connectivity index (χ2v) is 7.45. The molecule has 0 radical (unpaired) electrons. The lowest BCUT2D eigenvalue weighted by molar-refractivity contribution is 1.30. The summed E-state index contributed by atoms with van der Waals surface area (Å²) in [6.07, 6.45) is 8.27. The molecule has 0 saturated carbocycles. The van der Waals surface area contributed by atoms with Crippen molar-refractivity contribution in [3.63, 3.8) is 0 Å². The third-order valence-electron chi connectivity index (χ3n) is 5.00. The van der Waals surface area contributed by atoms with Gasteiger partial charge in [-0.15, -0.1) is 0 Å². The zero-order valence-electron chi connectivity index (χ0n) is 18.2. The van der Waals surface area contributed by atoms with Gasteiger partial charge in [0.05, 0.1) is 5.69 Å². The molecule has 4 aromatic rings. The SMILES string of the molecule is Cc1ccc(N(/C=C/C=C/c2ccccc2)C(=Nc2ccccc2)c2ccccc2)cc1. The van der Waals surface area contributed by atoms with Crippen molar-refractivity contribution >= 4 is 23.3 Å². The first-order valence-electron chi connectivity index (χ1n) is 10.7. The number of amidine groups is 1. The zero-order chi connectivity index (χ0) is 22.0. The van der Waals surface area contributed by atoms with Crippen molar-refractivity contribution in [1.29, 1.82) is 0 Å². The van der Waals surface area contributed by atoms with Crippen molar-refractivity contribution in [2.45, 2.75) is 6.92 Å². The van der Waals surface area contributed by atoms with Gasteiger partial charge in [-0.2, -0.15) is 0 Å². The summed E-state index contributed by atoms with van der Waals surface area (Å²) < 4.78 is 0. The maximum Gasteiger partial charge on any atom is 0.145 e. The van der Waals surface area contributed by atoms with Crippen molar-refractivity contribution < 1.29 is 0 Å². The zero-order valence-corrected chi connectivity index (χ0v) is 18.2. The predicted octanol–water partition coefficient (Wildman–Crippen LogP) is 7.81. The number of benzene rings is 4. The second kappa shape index (κ2) is 10.7. The summed E-state index contributed by atoms with van der Waals surface area (Å²) in [5.74, 6) is 0.866. The molecule has 2 heteroatoms. The molecule has 0 saturated heterocycles. The van der Waals surface area contributed by atoms with Gasteiger partial charge in [0.15, 0.2) is 0 Å². The van der Waals surface area contributed by atoms with E-state index in [0.29, 0.717) is 0 Å². The Morgan fingerprint density at radius 3 is 1.91 bits per heavy atom. The fourth-order valence-electron chi connectivity index (χ4n) is 3.32. The highest BCUT2D eigenvalue weighted by Crippen LogP contribution is 2.22. The molecule has 156 valence electrons. The monoisotopic (exact) mass is 414 g/mol. The van der Waals surface area contributed by atoms with E-state index in [1.54, 1.807) is 0 Å². The lowest BCUT2D eigenvalue weighted by Crippen LogP contribution is -2.26. The average molecular weight is 415 g/mol. The van der Waals surface area contributed by atoms with Gasteiger partial charge >= 0.3 is 0 Å². The van der Waals surface area contributed by atoms with Gasteiger partial charge in [0.1, 0.15) is 5.84 Å². The maximum absolute atomic E-state index is 5.03. The first-order chi connectivity index (χ1) is 15.8. The van der Waals surface area contributed by atoms with Crippen LogP contribution in [0.2, 0.25) is 0 Å². The van der Waals surface area contributed by atoms with E-state index in [4.69, 9.17) is 4.99 Å². The molecule has 0 fully saturated rings. The second-order valence-electron chi connectivity index (χ2n) is 7.45. The third kappa shape index (κ3) is 5.71. The van der Waals surface area contributed by atoms with Crippen molar-refractivity contribution in [3.05, 3.63) is 150 Å². The van der Waals surface area contributed by atoms with Crippen LogP contribution in [-0.2, 0) is 0 Å². The van der Waals surface area contributed by atoms with Crippen LogP contribution in [0, 0.1) is 6.92 Å².